The van der Waals surface area contributed by atoms with Gasteiger partial charge in [-0.15, -0.1) is 0 Å². The fourth-order valence-corrected chi connectivity index (χ4v) is 5.67. The first-order valence-electron chi connectivity index (χ1n) is 11.7. The molecule has 0 aliphatic carbocycles. The molecule has 174 valence electrons. The minimum absolute atomic E-state index is 0.677. The fourth-order valence-electron chi connectivity index (χ4n) is 5.10. The molecule has 2 aromatic heterocycles. The van der Waals surface area contributed by atoms with Gasteiger partial charge in [0.15, 0.2) is 0 Å². The molecule has 1 aliphatic rings. The Labute approximate surface area is 219 Å². The normalized spacial score (nSPS) is 13.1. The first-order chi connectivity index (χ1) is 17.1. The number of aryl methyl sites for hydroxylation is 2. The largest absolute Gasteiger partial charge is 0.345 e. The number of benzene rings is 3. The third-order valence-corrected chi connectivity index (χ3v) is 7.45. The van der Waals surface area contributed by atoms with Crippen LogP contribution in [0.5, 0.6) is 0 Å². The van der Waals surface area contributed by atoms with E-state index in [0.717, 1.165) is 47.8 Å². The second-order valence-electron chi connectivity index (χ2n) is 8.85. The quantitative estimate of drug-likeness (QED) is 0.242. The van der Waals surface area contributed by atoms with E-state index in [1.807, 2.05) is 36.4 Å². The van der Waals surface area contributed by atoms with Crippen LogP contribution in [0.1, 0.15) is 24.1 Å². The van der Waals surface area contributed by atoms with Crippen LogP contribution in [0.2, 0.25) is 10.0 Å². The summed E-state index contributed by atoms with van der Waals surface area (Å²) < 4.78 is 4.75. The van der Waals surface area contributed by atoms with Crippen LogP contribution < -0.4 is 5.32 Å². The summed E-state index contributed by atoms with van der Waals surface area (Å²) in [6.07, 6.45) is 5.52. The highest BCUT2D eigenvalue weighted by Gasteiger charge is 2.28. The van der Waals surface area contributed by atoms with E-state index >= 15 is 0 Å². The van der Waals surface area contributed by atoms with Crippen LogP contribution in [-0.2, 0) is 13.0 Å². The summed E-state index contributed by atoms with van der Waals surface area (Å²) in [5.74, 6) is 0. The zero-order chi connectivity index (χ0) is 23.9. The van der Waals surface area contributed by atoms with Crippen LogP contribution in [0.3, 0.4) is 0 Å². The van der Waals surface area contributed by atoms with E-state index in [9.17, 15) is 0 Å². The molecule has 5 aromatic rings. The fraction of sp³-hybridized carbons (Fsp3) is 0.138. The number of nitrogens with one attached hydrogen (secondary N) is 1. The van der Waals surface area contributed by atoms with E-state index in [1.165, 1.54) is 28.0 Å². The molecule has 0 unspecified atom stereocenters. The molecule has 0 amide bonds. The molecular weight excluding hydrogens is 493 g/mol. The van der Waals surface area contributed by atoms with Crippen molar-refractivity contribution in [3.8, 4) is 22.4 Å². The van der Waals surface area contributed by atoms with Gasteiger partial charge in [0.05, 0.1) is 11.4 Å². The van der Waals surface area contributed by atoms with Crippen LogP contribution in [-0.4, -0.2) is 14.0 Å². The first kappa shape index (κ1) is 22.4. The smallest absolute Gasteiger partial charge is 0.128 e. The number of imidazole rings is 1. The maximum absolute atomic E-state index is 6.25. The summed E-state index contributed by atoms with van der Waals surface area (Å²) in [5, 5.41) is 4.88. The molecule has 0 bridgehead atoms. The number of halogens is 2. The molecular formula is C29H23Cl2N3S. The molecule has 0 saturated heterocycles. The van der Waals surface area contributed by atoms with Crippen LogP contribution in [0.15, 0.2) is 85.1 Å². The Hall–Kier alpha value is -3.05. The summed E-state index contributed by atoms with van der Waals surface area (Å²) in [6, 6.07) is 26.3. The number of rotatable bonds is 4. The van der Waals surface area contributed by atoms with E-state index in [2.05, 4.69) is 62.9 Å². The predicted molar refractivity (Wildman–Crippen MR) is 151 cm³/mol. The molecule has 1 N–H and O–H groups in total. The van der Waals surface area contributed by atoms with E-state index in [-0.39, 0.29) is 0 Å². The van der Waals surface area contributed by atoms with Crippen molar-refractivity contribution in [3.63, 3.8) is 0 Å². The van der Waals surface area contributed by atoms with E-state index in [1.54, 1.807) is 0 Å². The van der Waals surface area contributed by atoms with Crippen molar-refractivity contribution in [2.45, 2.75) is 25.8 Å². The molecule has 3 heterocycles. The molecule has 6 heteroatoms. The predicted octanol–water partition coefficient (Wildman–Crippen LogP) is 8.51. The van der Waals surface area contributed by atoms with E-state index in [0.29, 0.717) is 10.0 Å². The Balaban J connectivity index is 1.60. The topological polar surface area (TPSA) is 21.4 Å². The average molecular weight is 516 g/mol. The lowest BCUT2D eigenvalue weighted by Crippen LogP contribution is -2.14. The lowest BCUT2D eigenvalue weighted by molar-refractivity contribution is 0.647. The number of hydrogen-bond acceptors (Lipinski definition) is 1. The van der Waals surface area contributed by atoms with Crippen molar-refractivity contribution in [1.82, 2.24) is 8.97 Å². The standard InChI is InChI=1S/C29H23Cl2N3S/c30-21-11-9-20(10-12-21)26-24-8-4-5-17-33-25(19-6-2-1-3-7-19)18-34(29(24)33)27(26)28(35)32-23-15-13-22(31)14-16-23/h1-3,6-7,9-16,18H,4-5,8,17H2,(H,32,35). The van der Waals surface area contributed by atoms with Gasteiger partial charge < -0.3 is 9.88 Å². The van der Waals surface area contributed by atoms with Gasteiger partial charge >= 0.3 is 0 Å². The summed E-state index contributed by atoms with van der Waals surface area (Å²) in [4.78, 5) is 0.677. The third kappa shape index (κ3) is 4.06. The minimum Gasteiger partial charge on any atom is -0.345 e. The van der Waals surface area contributed by atoms with Crippen molar-refractivity contribution >= 4 is 51.7 Å². The third-order valence-electron chi connectivity index (χ3n) is 6.65. The van der Waals surface area contributed by atoms with Crippen LogP contribution >= 0.6 is 35.4 Å². The van der Waals surface area contributed by atoms with Gasteiger partial charge in [-0.05, 0) is 66.8 Å². The van der Waals surface area contributed by atoms with E-state index < -0.39 is 0 Å². The highest BCUT2D eigenvalue weighted by molar-refractivity contribution is 7.81. The number of anilines is 1. The van der Waals surface area contributed by atoms with Gasteiger partial charge in [0.1, 0.15) is 10.6 Å². The molecule has 1 aliphatic heterocycles. The summed E-state index contributed by atoms with van der Waals surface area (Å²) in [6.45, 7) is 0.981. The average Bonchev–Trinajstić information content (AvgIpc) is 3.29. The minimum atomic E-state index is 0.677. The highest BCUT2D eigenvalue weighted by atomic mass is 35.5. The lowest BCUT2D eigenvalue weighted by Gasteiger charge is -2.12. The Kier molecular flexibility index (Phi) is 5.89. The second kappa shape index (κ2) is 9.19. The molecule has 0 spiro atoms. The maximum Gasteiger partial charge on any atom is 0.128 e. The van der Waals surface area contributed by atoms with Gasteiger partial charge in [0, 0.05) is 39.6 Å². The SMILES string of the molecule is S=C(Nc1ccc(Cl)cc1)c1c(-c2ccc(Cl)cc2)c2c3n(c(-c4ccccc4)cn13)CCCC2. The molecule has 35 heavy (non-hydrogen) atoms. The Morgan fingerprint density at radius 2 is 1.49 bits per heavy atom. The molecule has 0 atom stereocenters. The monoisotopic (exact) mass is 515 g/mol. The maximum atomic E-state index is 6.25. The number of thiocarbonyl (C=S) groups is 1. The first-order valence-corrected chi connectivity index (χ1v) is 12.9. The summed E-state index contributed by atoms with van der Waals surface area (Å²) >= 11 is 18.4. The molecule has 0 radical (unpaired) electrons. The van der Waals surface area contributed by atoms with Crippen LogP contribution in [0, 0.1) is 0 Å². The van der Waals surface area contributed by atoms with Crippen molar-refractivity contribution < 1.29 is 0 Å². The Bertz CT molecular complexity index is 1530. The molecule has 6 rings (SSSR count). The zero-order valence-electron chi connectivity index (χ0n) is 19.0. The second-order valence-corrected chi connectivity index (χ2v) is 10.1. The number of nitrogens with zero attached hydrogens (tertiary/aromatic N) is 2. The van der Waals surface area contributed by atoms with Gasteiger partial charge in [0.25, 0.3) is 0 Å². The van der Waals surface area contributed by atoms with Crippen molar-refractivity contribution in [1.29, 1.82) is 0 Å². The van der Waals surface area contributed by atoms with Gasteiger partial charge in [-0.25, -0.2) is 0 Å². The highest BCUT2D eigenvalue weighted by Crippen LogP contribution is 2.40. The van der Waals surface area contributed by atoms with Crippen LogP contribution in [0.25, 0.3) is 28.0 Å². The van der Waals surface area contributed by atoms with Crippen molar-refractivity contribution in [2.24, 2.45) is 0 Å². The summed E-state index contributed by atoms with van der Waals surface area (Å²) in [7, 11) is 0. The van der Waals surface area contributed by atoms with Gasteiger partial charge in [-0.1, -0.05) is 77.9 Å². The van der Waals surface area contributed by atoms with Crippen molar-refractivity contribution in [3.05, 3.63) is 106 Å². The molecule has 3 aromatic carbocycles. The van der Waals surface area contributed by atoms with Crippen LogP contribution in [0.4, 0.5) is 5.69 Å². The van der Waals surface area contributed by atoms with E-state index in [4.69, 9.17) is 35.4 Å². The van der Waals surface area contributed by atoms with Gasteiger partial charge in [0.2, 0.25) is 0 Å². The number of hydrogen-bond donors (Lipinski definition) is 1. The van der Waals surface area contributed by atoms with Gasteiger partial charge in [-0.3, -0.25) is 4.40 Å². The zero-order valence-corrected chi connectivity index (χ0v) is 21.3. The lowest BCUT2D eigenvalue weighted by atomic mass is 9.98. The molecule has 3 nitrogen and oxygen atoms in total. The molecule has 0 saturated carbocycles. The van der Waals surface area contributed by atoms with Crippen molar-refractivity contribution in [2.75, 3.05) is 5.32 Å². The molecule has 0 fully saturated rings. The summed E-state index contributed by atoms with van der Waals surface area (Å²) in [5.41, 5.74) is 9.19. The Morgan fingerprint density at radius 1 is 0.800 bits per heavy atom. The number of aromatic nitrogens is 2. The van der Waals surface area contributed by atoms with Gasteiger partial charge in [-0.2, -0.15) is 0 Å². The Morgan fingerprint density at radius 3 is 2.20 bits per heavy atom.